The molecule has 1 fully saturated rings. The average Bonchev–Trinajstić information content (AvgIpc) is 3.44. The van der Waals surface area contributed by atoms with Crippen molar-refractivity contribution in [3.63, 3.8) is 0 Å². The molecule has 0 aliphatic carbocycles. The van der Waals surface area contributed by atoms with E-state index in [-0.39, 0.29) is 52.1 Å². The van der Waals surface area contributed by atoms with Crippen LogP contribution in [0.1, 0.15) is 74.1 Å². The van der Waals surface area contributed by atoms with Crippen molar-refractivity contribution in [2.45, 2.75) is 72.5 Å². The van der Waals surface area contributed by atoms with Gasteiger partial charge in [-0.3, -0.25) is 35.3 Å². The Morgan fingerprint density at radius 3 is 1.37 bits per heavy atom. The van der Waals surface area contributed by atoms with Crippen LogP contribution in [0.2, 0.25) is 15.3 Å². The topological polar surface area (TPSA) is 247 Å². The Kier molecular flexibility index (Phi) is 25.4. The highest BCUT2D eigenvalue weighted by atomic mass is 35.5. The molecule has 24 heteroatoms. The van der Waals surface area contributed by atoms with E-state index in [1.165, 1.54) is 18.5 Å². The van der Waals surface area contributed by atoms with E-state index >= 15 is 0 Å². The maximum Gasteiger partial charge on any atom is 0.489 e. The first-order valence-electron chi connectivity index (χ1n) is 20.2. The zero-order valence-electron chi connectivity index (χ0n) is 41.1. The number of halogens is 3. The zero-order valence-corrected chi connectivity index (χ0v) is 43.4. The lowest BCUT2D eigenvalue weighted by molar-refractivity contribution is -0.384. The fourth-order valence-corrected chi connectivity index (χ4v) is 5.90. The van der Waals surface area contributed by atoms with Gasteiger partial charge >= 0.3 is 24.2 Å². The summed E-state index contributed by atoms with van der Waals surface area (Å²) in [6.07, 6.45) is 6.09. The molecule has 0 bridgehead atoms. The molecule has 0 amide bonds. The van der Waals surface area contributed by atoms with E-state index < -0.39 is 14.8 Å². The van der Waals surface area contributed by atoms with Gasteiger partial charge in [0, 0.05) is 68.5 Å². The number of nitrogens with zero attached hydrogens (tertiary/aromatic N) is 10. The van der Waals surface area contributed by atoms with Gasteiger partial charge in [-0.15, -0.1) is 6.58 Å². The summed E-state index contributed by atoms with van der Waals surface area (Å²) >= 11 is 16.4. The fraction of sp³-hybridized carbons (Fsp3) is 0.442. The SMILES string of the molecule is C=C(C)B1OC(C)(C)C(C)(C)O1.C=C(C)c1nccc(N(C)C)c1[N+](=O)[O-].CC(C)c1nccc(N(C)C)c1N.CN(C)c1ccnc(Cl)c1[N+](=O)[O-].CNC.O=[N+]([O-])c1c(Cl)ccnc1Cl.[HH]. The van der Waals surface area contributed by atoms with Gasteiger partial charge in [-0.05, 0) is 91.4 Å². The Bertz CT molecular complexity index is 2260. The molecule has 1 aliphatic rings. The molecule has 5 heterocycles. The molecule has 0 spiro atoms. The molecule has 67 heavy (non-hydrogen) atoms. The van der Waals surface area contributed by atoms with Crippen LogP contribution in [0.15, 0.2) is 67.7 Å². The number of hydrogen-bond acceptors (Lipinski definition) is 17. The Hall–Kier alpha value is -5.71. The van der Waals surface area contributed by atoms with Gasteiger partial charge < -0.3 is 35.1 Å². The molecule has 20 nitrogen and oxygen atoms in total. The van der Waals surface area contributed by atoms with Crippen molar-refractivity contribution in [1.82, 2.24) is 25.3 Å². The number of nitro groups is 3. The van der Waals surface area contributed by atoms with Crippen molar-refractivity contribution in [2.75, 3.05) is 76.8 Å². The second-order valence-electron chi connectivity index (χ2n) is 16.4. The second-order valence-corrected chi connectivity index (χ2v) is 17.5. The number of hydrogen-bond donors (Lipinski definition) is 2. The number of nitrogens with two attached hydrogens (primary N) is 1. The Morgan fingerprint density at radius 2 is 1.06 bits per heavy atom. The minimum atomic E-state index is -0.669. The number of anilines is 4. The van der Waals surface area contributed by atoms with Gasteiger partial charge in [0.1, 0.15) is 22.1 Å². The number of aromatic nitrogens is 4. The standard InChI is InChI=1S/C10H13N3O2.C10H17N3.C9H17BO2.C7H8ClN3O2.C5H2Cl2N2O2.C2H7N.H2/c1-7(2)9-10(13(14)15)8(12(3)4)5-6-11-9;1-7(2)10-9(11)8(13(3)4)5-6-12-10;1-7(2)10-11-8(3,4)9(5,6)12-10;1-10(2)5-3-4-9-7(8)6(5)11(12)13;6-3-1-2-8-5(7)4(3)9(10)11;1-3-2;/h5-6H,1H2,2-4H3;5-7H,11H2,1-4H3;1H2,2-6H3;3-4H,1-2H3;1-2H;3H,1-2H3;1H. The summed E-state index contributed by atoms with van der Waals surface area (Å²) < 4.78 is 11.4. The van der Waals surface area contributed by atoms with E-state index in [0.717, 1.165) is 22.5 Å². The average molecular weight is 996 g/mol. The smallest absolute Gasteiger partial charge is 0.400 e. The molecule has 1 aliphatic heterocycles. The summed E-state index contributed by atoms with van der Waals surface area (Å²) in [7, 11) is 14.4. The van der Waals surface area contributed by atoms with E-state index in [1.807, 2.05) is 73.8 Å². The predicted octanol–water partition coefficient (Wildman–Crippen LogP) is 10.2. The van der Waals surface area contributed by atoms with Crippen LogP contribution in [0.4, 0.5) is 39.8 Å². The number of allylic oxidation sites excluding steroid dienone is 2. The summed E-state index contributed by atoms with van der Waals surface area (Å²) in [6.45, 7) is 23.5. The molecule has 0 unspecified atom stereocenters. The van der Waals surface area contributed by atoms with Crippen molar-refractivity contribution in [1.29, 1.82) is 0 Å². The van der Waals surface area contributed by atoms with Crippen molar-refractivity contribution in [3.8, 4) is 0 Å². The minimum absolute atomic E-state index is 0. The summed E-state index contributed by atoms with van der Waals surface area (Å²) in [5.74, 6) is 0.375. The first-order chi connectivity index (χ1) is 30.8. The van der Waals surface area contributed by atoms with Crippen LogP contribution < -0.4 is 25.8 Å². The van der Waals surface area contributed by atoms with Crippen LogP contribution in [0, 0.1) is 30.3 Å². The molecule has 0 aromatic carbocycles. The van der Waals surface area contributed by atoms with Gasteiger partial charge in [-0.1, -0.05) is 60.7 Å². The molecule has 5 rings (SSSR count). The van der Waals surface area contributed by atoms with Crippen molar-refractivity contribution < 1.29 is 25.5 Å². The van der Waals surface area contributed by atoms with Gasteiger partial charge in [0.15, 0.2) is 0 Å². The molecular weight excluding hydrogens is 930 g/mol. The molecule has 0 atom stereocenters. The lowest BCUT2D eigenvalue weighted by Crippen LogP contribution is -2.41. The summed E-state index contributed by atoms with van der Waals surface area (Å²) in [5, 5.41) is 34.3. The van der Waals surface area contributed by atoms with E-state index in [2.05, 4.69) is 52.3 Å². The first-order valence-corrected chi connectivity index (χ1v) is 21.3. The monoisotopic (exact) mass is 994 g/mol. The van der Waals surface area contributed by atoms with Gasteiger partial charge in [-0.25, -0.2) is 15.0 Å². The number of rotatable bonds is 9. The molecule has 0 saturated carbocycles. The quantitative estimate of drug-likeness (QED) is 0.0685. The Morgan fingerprint density at radius 1 is 0.701 bits per heavy atom. The summed E-state index contributed by atoms with van der Waals surface area (Å²) in [5.41, 5.74) is 10.7. The van der Waals surface area contributed by atoms with Gasteiger partial charge in [0.2, 0.25) is 10.3 Å². The van der Waals surface area contributed by atoms with Gasteiger partial charge in [-0.2, -0.15) is 0 Å². The van der Waals surface area contributed by atoms with Gasteiger partial charge in [0.05, 0.1) is 43.0 Å². The Labute approximate surface area is 410 Å². The molecule has 4 aromatic rings. The predicted molar refractivity (Wildman–Crippen MR) is 276 cm³/mol. The van der Waals surface area contributed by atoms with E-state index in [4.69, 9.17) is 49.8 Å². The normalized spacial score (nSPS) is 12.6. The molecule has 370 valence electrons. The second kappa shape index (κ2) is 27.8. The fourth-order valence-electron chi connectivity index (χ4n) is 5.19. The Balaban J connectivity index is 0. The van der Waals surface area contributed by atoms with E-state index in [0.29, 0.717) is 28.6 Å². The third kappa shape index (κ3) is 18.5. The van der Waals surface area contributed by atoms with Crippen LogP contribution >= 0.6 is 34.8 Å². The minimum Gasteiger partial charge on any atom is -0.400 e. The molecule has 3 N–H and O–H groups in total. The molecule has 0 radical (unpaired) electrons. The lowest BCUT2D eigenvalue weighted by Gasteiger charge is -2.32. The van der Waals surface area contributed by atoms with Crippen molar-refractivity contribution in [3.05, 3.63) is 125 Å². The number of nitrogens with one attached hydrogen (secondary N) is 1. The van der Waals surface area contributed by atoms with E-state index in [1.54, 1.807) is 69.4 Å². The lowest BCUT2D eigenvalue weighted by atomic mass is 9.81. The third-order valence-corrected chi connectivity index (χ3v) is 10.0. The van der Waals surface area contributed by atoms with Crippen molar-refractivity contribution in [2.24, 2.45) is 0 Å². The maximum atomic E-state index is 10.9. The van der Waals surface area contributed by atoms with Crippen LogP contribution in [0.3, 0.4) is 0 Å². The van der Waals surface area contributed by atoms with Crippen LogP contribution in [0.25, 0.3) is 5.57 Å². The highest BCUT2D eigenvalue weighted by Crippen LogP contribution is 2.38. The highest BCUT2D eigenvalue weighted by Gasteiger charge is 2.51. The molecule has 1 saturated heterocycles. The number of nitrogen functional groups attached to an aromatic ring is 1. The largest absolute Gasteiger partial charge is 0.489 e. The first kappa shape index (κ1) is 61.3. The van der Waals surface area contributed by atoms with Crippen LogP contribution in [-0.2, 0) is 9.31 Å². The highest BCUT2D eigenvalue weighted by molar-refractivity contribution is 6.54. The van der Waals surface area contributed by atoms with E-state index in [9.17, 15) is 30.3 Å². The van der Waals surface area contributed by atoms with Crippen molar-refractivity contribution >= 4 is 87.3 Å². The third-order valence-electron chi connectivity index (χ3n) is 9.19. The summed E-state index contributed by atoms with van der Waals surface area (Å²) in [4.78, 5) is 50.9. The van der Waals surface area contributed by atoms with Crippen LogP contribution in [-0.4, -0.2) is 109 Å². The van der Waals surface area contributed by atoms with Crippen LogP contribution in [0.5, 0.6) is 0 Å². The molecular formula is C43H66BCl3N12O8. The maximum absolute atomic E-state index is 10.9. The van der Waals surface area contributed by atoms with Gasteiger partial charge in [0.25, 0.3) is 0 Å². The number of pyridine rings is 4. The summed E-state index contributed by atoms with van der Waals surface area (Å²) in [6, 6.07) is 6.40. The zero-order chi connectivity index (χ0) is 52.3. The molecule has 4 aromatic heterocycles.